The Balaban J connectivity index is 2.14. The molecule has 0 aromatic carbocycles. The van der Waals surface area contributed by atoms with Gasteiger partial charge >= 0.3 is 0 Å². The van der Waals surface area contributed by atoms with E-state index in [9.17, 15) is 0 Å². The van der Waals surface area contributed by atoms with E-state index in [1.54, 1.807) is 7.11 Å². The van der Waals surface area contributed by atoms with Crippen LogP contribution in [0.4, 0.5) is 0 Å². The third kappa shape index (κ3) is 4.07. The first-order valence-corrected chi connectivity index (χ1v) is 5.04. The van der Waals surface area contributed by atoms with Gasteiger partial charge in [-0.1, -0.05) is 13.3 Å². The molecule has 1 fully saturated rings. The van der Waals surface area contributed by atoms with Gasteiger partial charge in [0, 0.05) is 7.11 Å². The van der Waals surface area contributed by atoms with Crippen LogP contribution in [-0.4, -0.2) is 38.6 Å². The van der Waals surface area contributed by atoms with Gasteiger partial charge in [0.1, 0.15) is 6.10 Å². The quantitative estimate of drug-likeness (QED) is 0.569. The Morgan fingerprint density at radius 1 is 1.54 bits per heavy atom. The molecule has 1 heterocycles. The van der Waals surface area contributed by atoms with E-state index in [0.717, 1.165) is 19.4 Å². The van der Waals surface area contributed by atoms with Gasteiger partial charge in [-0.05, 0) is 13.3 Å². The van der Waals surface area contributed by atoms with Crippen molar-refractivity contribution in [3.8, 4) is 0 Å². The van der Waals surface area contributed by atoms with Crippen molar-refractivity contribution in [2.45, 2.75) is 45.0 Å². The number of methoxy groups -OCH3 is 1. The molecule has 0 bridgehead atoms. The average Bonchev–Trinajstić information content (AvgIpc) is 2.94. The molecule has 0 N–H and O–H groups in total. The Morgan fingerprint density at radius 2 is 2.23 bits per heavy atom. The predicted molar refractivity (Wildman–Crippen MR) is 50.9 cm³/mol. The molecular weight excluding hydrogens is 168 g/mol. The largest absolute Gasteiger partial charge is 0.379 e. The molecule has 0 aromatic heterocycles. The first-order chi connectivity index (χ1) is 6.27. The summed E-state index contributed by atoms with van der Waals surface area (Å²) in [6, 6.07) is 0. The van der Waals surface area contributed by atoms with E-state index in [1.807, 2.05) is 6.92 Å². The highest BCUT2D eigenvalue weighted by Crippen LogP contribution is 2.21. The van der Waals surface area contributed by atoms with Crippen LogP contribution in [0, 0.1) is 0 Å². The lowest BCUT2D eigenvalue weighted by Gasteiger charge is -2.17. The molecule has 3 heteroatoms. The minimum atomic E-state index is 0.179. The summed E-state index contributed by atoms with van der Waals surface area (Å²) in [5, 5.41) is 0. The lowest BCUT2D eigenvalue weighted by Crippen LogP contribution is -2.25. The molecule has 0 aliphatic carbocycles. The summed E-state index contributed by atoms with van der Waals surface area (Å²) in [5.41, 5.74) is 0. The number of epoxide rings is 1. The van der Waals surface area contributed by atoms with Crippen molar-refractivity contribution in [1.29, 1.82) is 0 Å². The molecule has 1 saturated heterocycles. The Bertz CT molecular complexity index is 134. The highest BCUT2D eigenvalue weighted by Gasteiger charge is 2.32. The number of ether oxygens (including phenoxy) is 3. The van der Waals surface area contributed by atoms with Crippen LogP contribution in [0.15, 0.2) is 0 Å². The lowest BCUT2D eigenvalue weighted by atomic mass is 10.1. The molecule has 0 aromatic rings. The van der Waals surface area contributed by atoms with E-state index in [0.29, 0.717) is 12.7 Å². The summed E-state index contributed by atoms with van der Waals surface area (Å²) in [7, 11) is 1.70. The van der Waals surface area contributed by atoms with E-state index in [-0.39, 0.29) is 12.2 Å². The molecule has 78 valence electrons. The zero-order chi connectivity index (χ0) is 9.68. The van der Waals surface area contributed by atoms with Gasteiger partial charge < -0.3 is 14.2 Å². The van der Waals surface area contributed by atoms with Crippen molar-refractivity contribution >= 4 is 0 Å². The van der Waals surface area contributed by atoms with Gasteiger partial charge in [0.2, 0.25) is 0 Å². The maximum atomic E-state index is 5.71. The Labute approximate surface area is 80.4 Å². The fraction of sp³-hybridized carbons (Fsp3) is 1.00. The van der Waals surface area contributed by atoms with Crippen LogP contribution in [0.2, 0.25) is 0 Å². The van der Waals surface area contributed by atoms with Gasteiger partial charge in [-0.3, -0.25) is 0 Å². The molecule has 13 heavy (non-hydrogen) atoms. The van der Waals surface area contributed by atoms with Crippen molar-refractivity contribution in [2.24, 2.45) is 0 Å². The lowest BCUT2D eigenvalue weighted by molar-refractivity contribution is -0.0322. The first-order valence-electron chi connectivity index (χ1n) is 5.04. The van der Waals surface area contributed by atoms with Crippen molar-refractivity contribution in [2.75, 3.05) is 20.3 Å². The van der Waals surface area contributed by atoms with Crippen molar-refractivity contribution in [3.63, 3.8) is 0 Å². The van der Waals surface area contributed by atoms with Gasteiger partial charge in [-0.25, -0.2) is 0 Å². The minimum absolute atomic E-state index is 0.179. The molecule has 0 amide bonds. The molecule has 3 atom stereocenters. The second-order valence-corrected chi connectivity index (χ2v) is 3.58. The third-order valence-corrected chi connectivity index (χ3v) is 2.29. The van der Waals surface area contributed by atoms with Crippen LogP contribution >= 0.6 is 0 Å². The maximum Gasteiger partial charge on any atom is 0.107 e. The summed E-state index contributed by atoms with van der Waals surface area (Å²) in [4.78, 5) is 0. The third-order valence-electron chi connectivity index (χ3n) is 2.29. The molecule has 1 unspecified atom stereocenters. The monoisotopic (exact) mass is 188 g/mol. The SMILES string of the molecule is CCC[C@@H](OCC(C)OC)[C@@H]1CO1. The fourth-order valence-corrected chi connectivity index (χ4v) is 1.26. The van der Waals surface area contributed by atoms with Gasteiger partial charge in [-0.15, -0.1) is 0 Å². The number of rotatable bonds is 7. The summed E-state index contributed by atoms with van der Waals surface area (Å²) in [5.74, 6) is 0. The highest BCUT2D eigenvalue weighted by atomic mass is 16.6. The van der Waals surface area contributed by atoms with E-state index >= 15 is 0 Å². The summed E-state index contributed by atoms with van der Waals surface area (Å²) in [6.07, 6.45) is 3.04. The normalized spacial score (nSPS) is 25.6. The van der Waals surface area contributed by atoms with E-state index in [1.165, 1.54) is 0 Å². The minimum Gasteiger partial charge on any atom is -0.379 e. The van der Waals surface area contributed by atoms with Gasteiger partial charge in [0.15, 0.2) is 0 Å². The second-order valence-electron chi connectivity index (χ2n) is 3.58. The van der Waals surface area contributed by atoms with E-state index in [4.69, 9.17) is 14.2 Å². The Kier molecular flexibility index (Phi) is 4.70. The van der Waals surface area contributed by atoms with Gasteiger partial charge in [0.25, 0.3) is 0 Å². The van der Waals surface area contributed by atoms with Crippen LogP contribution in [-0.2, 0) is 14.2 Å². The van der Waals surface area contributed by atoms with Crippen LogP contribution < -0.4 is 0 Å². The van der Waals surface area contributed by atoms with Gasteiger partial charge in [0.05, 0.1) is 25.4 Å². The topological polar surface area (TPSA) is 31.0 Å². The Morgan fingerprint density at radius 3 is 2.69 bits per heavy atom. The molecule has 3 nitrogen and oxygen atoms in total. The van der Waals surface area contributed by atoms with Crippen molar-refractivity contribution in [1.82, 2.24) is 0 Å². The molecular formula is C10H20O3. The zero-order valence-electron chi connectivity index (χ0n) is 8.79. The van der Waals surface area contributed by atoms with Crippen molar-refractivity contribution in [3.05, 3.63) is 0 Å². The van der Waals surface area contributed by atoms with Crippen LogP contribution in [0.3, 0.4) is 0 Å². The first kappa shape index (κ1) is 11.0. The van der Waals surface area contributed by atoms with Crippen molar-refractivity contribution < 1.29 is 14.2 Å². The van der Waals surface area contributed by atoms with Crippen LogP contribution in [0.1, 0.15) is 26.7 Å². The summed E-state index contributed by atoms with van der Waals surface area (Å²) in [6.45, 7) is 5.71. The zero-order valence-corrected chi connectivity index (χ0v) is 8.79. The average molecular weight is 188 g/mol. The molecule has 0 spiro atoms. The standard InChI is InChI=1S/C10H20O3/c1-4-5-9(10-7-13-10)12-6-8(2)11-3/h8-10H,4-7H2,1-3H3/t8?,9-,10+/m1/s1. The highest BCUT2D eigenvalue weighted by molar-refractivity contribution is 4.79. The Hall–Kier alpha value is -0.120. The van der Waals surface area contributed by atoms with Crippen LogP contribution in [0.25, 0.3) is 0 Å². The fourth-order valence-electron chi connectivity index (χ4n) is 1.26. The summed E-state index contributed by atoms with van der Waals surface area (Å²) >= 11 is 0. The molecule has 0 radical (unpaired) electrons. The number of hydrogen-bond donors (Lipinski definition) is 0. The molecule has 0 saturated carbocycles. The predicted octanol–water partition coefficient (Wildman–Crippen LogP) is 1.61. The van der Waals surface area contributed by atoms with E-state index in [2.05, 4.69) is 6.92 Å². The molecule has 1 aliphatic rings. The maximum absolute atomic E-state index is 5.71. The molecule has 1 rings (SSSR count). The second kappa shape index (κ2) is 5.58. The van der Waals surface area contributed by atoms with E-state index < -0.39 is 0 Å². The van der Waals surface area contributed by atoms with Crippen LogP contribution in [0.5, 0.6) is 0 Å². The molecule has 1 aliphatic heterocycles. The number of hydrogen-bond acceptors (Lipinski definition) is 3. The smallest absolute Gasteiger partial charge is 0.107 e. The van der Waals surface area contributed by atoms with Gasteiger partial charge in [-0.2, -0.15) is 0 Å². The summed E-state index contributed by atoms with van der Waals surface area (Å²) < 4.78 is 16.0.